The van der Waals surface area contributed by atoms with Crippen LogP contribution in [0.25, 0.3) is 0 Å². The third kappa shape index (κ3) is 4.18. The summed E-state index contributed by atoms with van der Waals surface area (Å²) in [6.45, 7) is 5.26. The second-order valence-electron chi connectivity index (χ2n) is 5.61. The Kier molecular flexibility index (Phi) is 5.72. The van der Waals surface area contributed by atoms with Crippen LogP contribution in [0.4, 0.5) is 0 Å². The van der Waals surface area contributed by atoms with Crippen LogP contribution in [0.3, 0.4) is 0 Å². The first kappa shape index (κ1) is 16.2. The van der Waals surface area contributed by atoms with Crippen molar-refractivity contribution in [2.24, 2.45) is 5.92 Å². The molecule has 5 heteroatoms. The number of benzene rings is 1. The van der Waals surface area contributed by atoms with E-state index in [1.165, 1.54) is 0 Å². The Hall–Kier alpha value is -2.14. The average Bonchev–Trinajstić information content (AvgIpc) is 2.87. The highest BCUT2D eigenvalue weighted by molar-refractivity contribution is 5.95. The molecule has 22 heavy (non-hydrogen) atoms. The lowest BCUT2D eigenvalue weighted by atomic mass is 10.1. The molecule has 0 bridgehead atoms. The number of nitrogens with one attached hydrogen (secondary N) is 1. The number of hydrogen-bond acceptors (Lipinski definition) is 3. The minimum absolute atomic E-state index is 0.110. The summed E-state index contributed by atoms with van der Waals surface area (Å²) < 4.78 is 1.83. The van der Waals surface area contributed by atoms with Gasteiger partial charge in [-0.25, -0.2) is 0 Å². The maximum Gasteiger partial charge on any atom is 0.254 e. The van der Waals surface area contributed by atoms with Crippen LogP contribution in [-0.4, -0.2) is 33.9 Å². The second-order valence-corrected chi connectivity index (χ2v) is 5.61. The van der Waals surface area contributed by atoms with Gasteiger partial charge in [-0.3, -0.25) is 9.48 Å². The summed E-state index contributed by atoms with van der Waals surface area (Å²) in [7, 11) is 0. The van der Waals surface area contributed by atoms with Crippen LogP contribution in [0.1, 0.15) is 35.0 Å². The van der Waals surface area contributed by atoms with E-state index in [-0.39, 0.29) is 18.4 Å². The fraction of sp³-hybridized carbons (Fsp3) is 0.412. The lowest BCUT2D eigenvalue weighted by Gasteiger charge is -2.11. The molecule has 2 N–H and O–H groups in total. The molecule has 2 rings (SSSR count). The summed E-state index contributed by atoms with van der Waals surface area (Å²) in [5.41, 5.74) is 2.61. The summed E-state index contributed by atoms with van der Waals surface area (Å²) in [6.07, 6.45) is 2.30. The highest BCUT2D eigenvalue weighted by Gasteiger charge is 2.14. The topological polar surface area (TPSA) is 67.2 Å². The van der Waals surface area contributed by atoms with Gasteiger partial charge in [0.15, 0.2) is 0 Å². The fourth-order valence-electron chi connectivity index (χ4n) is 2.27. The van der Waals surface area contributed by atoms with Gasteiger partial charge in [-0.2, -0.15) is 5.10 Å². The first-order valence-electron chi connectivity index (χ1n) is 7.57. The van der Waals surface area contributed by atoms with E-state index in [0.29, 0.717) is 25.1 Å². The molecule has 2 aromatic rings. The molecule has 0 saturated carbocycles. The molecule has 5 nitrogen and oxygen atoms in total. The lowest BCUT2D eigenvalue weighted by molar-refractivity contribution is 0.0944. The average molecular weight is 301 g/mol. The highest BCUT2D eigenvalue weighted by Crippen LogP contribution is 2.10. The lowest BCUT2D eigenvalue weighted by Crippen LogP contribution is -2.29. The van der Waals surface area contributed by atoms with Crippen molar-refractivity contribution in [3.63, 3.8) is 0 Å². The largest absolute Gasteiger partial charge is 0.396 e. The highest BCUT2D eigenvalue weighted by atomic mass is 16.3. The van der Waals surface area contributed by atoms with Crippen molar-refractivity contribution in [2.45, 2.75) is 26.8 Å². The number of aliphatic hydroxyl groups is 1. The number of carbonyl (C=O) groups excluding carboxylic acids is 1. The monoisotopic (exact) mass is 301 g/mol. The van der Waals surface area contributed by atoms with E-state index in [2.05, 4.69) is 10.4 Å². The summed E-state index contributed by atoms with van der Waals surface area (Å²) in [5, 5.41) is 16.1. The Bertz CT molecular complexity index is 608. The Labute approximate surface area is 131 Å². The molecule has 0 aliphatic carbocycles. The number of aliphatic hydroxyl groups excluding tert-OH is 1. The van der Waals surface area contributed by atoms with E-state index in [0.717, 1.165) is 11.3 Å². The summed E-state index contributed by atoms with van der Waals surface area (Å²) >= 11 is 0. The number of carbonyl (C=O) groups is 1. The molecule has 1 amide bonds. The first-order chi connectivity index (χ1) is 10.6. The molecular formula is C17H23N3O2. The summed E-state index contributed by atoms with van der Waals surface area (Å²) in [4.78, 5) is 12.2. The van der Waals surface area contributed by atoms with Gasteiger partial charge >= 0.3 is 0 Å². The maximum atomic E-state index is 12.2. The predicted molar refractivity (Wildman–Crippen MR) is 85.7 cm³/mol. The molecule has 118 valence electrons. The molecule has 1 unspecified atom stereocenters. The third-order valence-electron chi connectivity index (χ3n) is 3.76. The smallest absolute Gasteiger partial charge is 0.254 e. The zero-order chi connectivity index (χ0) is 15.9. The second kappa shape index (κ2) is 7.75. The van der Waals surface area contributed by atoms with Gasteiger partial charge in [0.05, 0.1) is 18.3 Å². The molecule has 0 radical (unpaired) electrons. The first-order valence-corrected chi connectivity index (χ1v) is 7.57. The van der Waals surface area contributed by atoms with Gasteiger partial charge in [-0.1, -0.05) is 37.3 Å². The van der Waals surface area contributed by atoms with Crippen LogP contribution in [0.5, 0.6) is 0 Å². The SMILES string of the molecule is Cc1c(C(=O)NCC(C)CCO)cnn1Cc1ccccc1. The van der Waals surface area contributed by atoms with Crippen molar-refractivity contribution >= 4 is 5.91 Å². The van der Waals surface area contributed by atoms with E-state index in [1.54, 1.807) is 6.20 Å². The van der Waals surface area contributed by atoms with Crippen molar-refractivity contribution in [3.8, 4) is 0 Å². The number of amides is 1. The van der Waals surface area contributed by atoms with Crippen LogP contribution in [0.2, 0.25) is 0 Å². The molecule has 1 aromatic heterocycles. The number of hydrogen-bond donors (Lipinski definition) is 2. The van der Waals surface area contributed by atoms with E-state index < -0.39 is 0 Å². The van der Waals surface area contributed by atoms with Crippen molar-refractivity contribution in [2.75, 3.05) is 13.2 Å². The Morgan fingerprint density at radius 1 is 1.36 bits per heavy atom. The van der Waals surface area contributed by atoms with Crippen molar-refractivity contribution in [1.82, 2.24) is 15.1 Å². The molecule has 0 fully saturated rings. The van der Waals surface area contributed by atoms with Gasteiger partial charge in [0.25, 0.3) is 5.91 Å². The van der Waals surface area contributed by atoms with Crippen molar-refractivity contribution in [1.29, 1.82) is 0 Å². The Morgan fingerprint density at radius 2 is 2.09 bits per heavy atom. The van der Waals surface area contributed by atoms with E-state index in [9.17, 15) is 4.79 Å². The molecule has 1 atom stereocenters. The fourth-order valence-corrected chi connectivity index (χ4v) is 2.27. The molecular weight excluding hydrogens is 278 g/mol. The molecule has 1 aromatic carbocycles. The van der Waals surface area contributed by atoms with Gasteiger partial charge in [-0.15, -0.1) is 0 Å². The van der Waals surface area contributed by atoms with Gasteiger partial charge in [0.2, 0.25) is 0 Å². The van der Waals surface area contributed by atoms with Gasteiger partial charge in [0.1, 0.15) is 0 Å². The molecule has 0 aliphatic rings. The molecule has 0 spiro atoms. The Balaban J connectivity index is 1.99. The third-order valence-corrected chi connectivity index (χ3v) is 3.76. The van der Waals surface area contributed by atoms with Gasteiger partial charge < -0.3 is 10.4 Å². The van der Waals surface area contributed by atoms with Gasteiger partial charge in [0, 0.05) is 18.8 Å². The van der Waals surface area contributed by atoms with Crippen LogP contribution in [0, 0.1) is 12.8 Å². The van der Waals surface area contributed by atoms with E-state index in [4.69, 9.17) is 5.11 Å². The molecule has 0 saturated heterocycles. The number of nitrogens with zero attached hydrogens (tertiary/aromatic N) is 2. The molecule has 1 heterocycles. The normalized spacial score (nSPS) is 12.1. The van der Waals surface area contributed by atoms with Crippen molar-refractivity contribution in [3.05, 3.63) is 53.3 Å². The zero-order valence-corrected chi connectivity index (χ0v) is 13.1. The van der Waals surface area contributed by atoms with Gasteiger partial charge in [-0.05, 0) is 24.8 Å². The molecule has 0 aliphatic heterocycles. The number of rotatable bonds is 7. The van der Waals surface area contributed by atoms with Crippen LogP contribution in [-0.2, 0) is 6.54 Å². The standard InChI is InChI=1S/C17H23N3O2/c1-13(8-9-21)10-18-17(22)16-11-19-20(14(16)2)12-15-6-4-3-5-7-15/h3-7,11,13,21H,8-10,12H2,1-2H3,(H,18,22). The summed E-state index contributed by atoms with van der Waals surface area (Å²) in [5.74, 6) is 0.148. The van der Waals surface area contributed by atoms with Crippen LogP contribution in [0.15, 0.2) is 36.5 Å². The summed E-state index contributed by atoms with van der Waals surface area (Å²) in [6, 6.07) is 10.0. The maximum absolute atomic E-state index is 12.2. The van der Waals surface area contributed by atoms with Crippen LogP contribution < -0.4 is 5.32 Å². The minimum atomic E-state index is -0.110. The Morgan fingerprint density at radius 3 is 2.77 bits per heavy atom. The number of aromatic nitrogens is 2. The minimum Gasteiger partial charge on any atom is -0.396 e. The van der Waals surface area contributed by atoms with E-state index in [1.807, 2.05) is 48.9 Å². The quantitative estimate of drug-likeness (QED) is 0.822. The van der Waals surface area contributed by atoms with Crippen molar-refractivity contribution < 1.29 is 9.90 Å². The van der Waals surface area contributed by atoms with Crippen LogP contribution >= 0.6 is 0 Å². The zero-order valence-electron chi connectivity index (χ0n) is 13.1. The van der Waals surface area contributed by atoms with E-state index >= 15 is 0 Å². The predicted octanol–water partition coefficient (Wildman–Crippen LogP) is 1.99.